The number of anilines is 3. The lowest BCUT2D eigenvalue weighted by molar-refractivity contribution is 1.13. The van der Waals surface area contributed by atoms with Crippen LogP contribution in [0.25, 0.3) is 143 Å². The summed E-state index contributed by atoms with van der Waals surface area (Å²) in [6.07, 6.45) is 0. The molecular formula is C74H42BN3. The molecule has 13 aromatic carbocycles. The molecule has 4 aliphatic rings. The third kappa shape index (κ3) is 5.15. The van der Waals surface area contributed by atoms with Gasteiger partial charge in [0.1, 0.15) is 0 Å². The van der Waals surface area contributed by atoms with Gasteiger partial charge in [0.25, 0.3) is 6.71 Å². The number of benzene rings is 13. The minimum absolute atomic E-state index is 0.0642. The van der Waals surface area contributed by atoms with Crippen LogP contribution in [0.4, 0.5) is 17.1 Å². The SMILES string of the molecule is c1ccc(-c2ccc(N(c3ccc(-c4ccccc4)cc3)c3cc4c5c(c3)-n3c6cccc7c6c6c8c(cccc8cc(c63)B5c3cc5cccc6c5c5c8c(cccc8n-4c35)-c3ccccc3-6)-c3ccccc3-7)cc2)cc1. The standard InChI is InChI=1S/C74H42BN3/c1-3-15-43(16-4-1)45-31-35-49(36-32-45)76(50-37-33-46(34-38-50)44-17-5-2-6-18-44)51-41-64-72-65(42-51)78-63-30-14-28-59-55-24-10-8-22-53(55)57-26-12-20-48-40-61(74(78)71(67(48)57)69(59)63)75(72)60-39-47-19-11-25-56-52-21-7-9-23-54(52)58-27-13-29-62-68(58)70(66(47)56)73(60)77(62)64/h1-42H. The maximum Gasteiger partial charge on any atom is 0.252 e. The fourth-order valence-electron chi connectivity index (χ4n) is 15.1. The van der Waals surface area contributed by atoms with Crippen LogP contribution in [0.1, 0.15) is 0 Å². The fourth-order valence-corrected chi connectivity index (χ4v) is 15.1. The van der Waals surface area contributed by atoms with Crippen molar-refractivity contribution in [3.8, 4) is 78.1 Å². The maximum atomic E-state index is 2.68. The van der Waals surface area contributed by atoms with Crippen molar-refractivity contribution >= 4 is 105 Å². The summed E-state index contributed by atoms with van der Waals surface area (Å²) < 4.78 is 5.36. The number of nitrogens with zero attached hydrogens (tertiary/aromatic N) is 3. The van der Waals surface area contributed by atoms with Crippen LogP contribution in [0, 0.1) is 0 Å². The van der Waals surface area contributed by atoms with Crippen LogP contribution < -0.4 is 21.3 Å². The van der Waals surface area contributed by atoms with E-state index in [9.17, 15) is 0 Å². The Morgan fingerprint density at radius 3 is 1.05 bits per heavy atom. The molecule has 356 valence electrons. The Labute approximate surface area is 449 Å². The summed E-state index contributed by atoms with van der Waals surface area (Å²) in [5, 5.41) is 10.6. The van der Waals surface area contributed by atoms with Crippen molar-refractivity contribution in [2.24, 2.45) is 0 Å². The second-order valence-electron chi connectivity index (χ2n) is 21.8. The quantitative estimate of drug-likeness (QED) is 0.157. The molecule has 78 heavy (non-hydrogen) atoms. The van der Waals surface area contributed by atoms with Crippen LogP contribution in [0.15, 0.2) is 255 Å². The molecule has 0 saturated carbocycles. The summed E-state index contributed by atoms with van der Waals surface area (Å²) in [4.78, 5) is 2.50. The number of fused-ring (bicyclic) bond motifs is 12. The molecule has 0 radical (unpaired) electrons. The molecule has 3 nitrogen and oxygen atoms in total. The molecule has 0 unspecified atom stereocenters. The van der Waals surface area contributed by atoms with Gasteiger partial charge in [0.05, 0.1) is 27.8 Å². The van der Waals surface area contributed by atoms with Gasteiger partial charge in [-0.1, -0.05) is 206 Å². The molecule has 2 aromatic heterocycles. The highest BCUT2D eigenvalue weighted by Crippen LogP contribution is 2.54. The molecule has 15 aromatic rings. The highest BCUT2D eigenvalue weighted by atomic mass is 15.2. The van der Waals surface area contributed by atoms with Gasteiger partial charge in [0.2, 0.25) is 0 Å². The van der Waals surface area contributed by atoms with E-state index in [4.69, 9.17) is 0 Å². The second-order valence-corrected chi connectivity index (χ2v) is 21.8. The Bertz CT molecular complexity index is 4860. The van der Waals surface area contributed by atoms with Crippen molar-refractivity contribution in [1.29, 1.82) is 0 Å². The number of rotatable bonds is 5. The van der Waals surface area contributed by atoms with Crippen LogP contribution in [0.3, 0.4) is 0 Å². The van der Waals surface area contributed by atoms with Gasteiger partial charge in [-0.2, -0.15) is 0 Å². The first-order valence-corrected chi connectivity index (χ1v) is 27.3. The first kappa shape index (κ1) is 41.1. The smallest absolute Gasteiger partial charge is 0.252 e. The lowest BCUT2D eigenvalue weighted by atomic mass is 9.34. The van der Waals surface area contributed by atoms with Gasteiger partial charge in [-0.15, -0.1) is 0 Å². The summed E-state index contributed by atoms with van der Waals surface area (Å²) in [7, 11) is 0. The third-order valence-electron chi connectivity index (χ3n) is 18.1. The highest BCUT2D eigenvalue weighted by molar-refractivity contribution is 7.00. The van der Waals surface area contributed by atoms with Crippen molar-refractivity contribution in [3.63, 3.8) is 0 Å². The van der Waals surface area contributed by atoms with E-state index < -0.39 is 0 Å². The van der Waals surface area contributed by atoms with E-state index in [0.29, 0.717) is 0 Å². The summed E-state index contributed by atoms with van der Waals surface area (Å²) in [5.41, 5.74) is 30.0. The molecule has 0 bridgehead atoms. The fraction of sp³-hybridized carbons (Fsp3) is 0. The molecule has 4 heterocycles. The molecule has 2 aliphatic carbocycles. The largest absolute Gasteiger partial charge is 0.310 e. The minimum atomic E-state index is -0.0642. The minimum Gasteiger partial charge on any atom is -0.310 e. The average molecular weight is 984 g/mol. The first-order valence-electron chi connectivity index (χ1n) is 27.3. The zero-order valence-electron chi connectivity index (χ0n) is 42.2. The van der Waals surface area contributed by atoms with Crippen LogP contribution in [0.2, 0.25) is 0 Å². The molecule has 0 N–H and O–H groups in total. The van der Waals surface area contributed by atoms with Crippen molar-refractivity contribution < 1.29 is 0 Å². The van der Waals surface area contributed by atoms with Gasteiger partial charge in [-0.05, 0) is 153 Å². The summed E-state index contributed by atoms with van der Waals surface area (Å²) in [6.45, 7) is -0.0642. The van der Waals surface area contributed by atoms with Crippen molar-refractivity contribution in [3.05, 3.63) is 255 Å². The third-order valence-corrected chi connectivity index (χ3v) is 18.1. The lowest BCUT2D eigenvalue weighted by Gasteiger charge is -2.36. The molecule has 4 heteroatoms. The maximum absolute atomic E-state index is 2.68. The van der Waals surface area contributed by atoms with Crippen molar-refractivity contribution in [1.82, 2.24) is 9.13 Å². The zero-order valence-corrected chi connectivity index (χ0v) is 42.2. The van der Waals surface area contributed by atoms with E-state index in [1.807, 2.05) is 0 Å². The summed E-state index contributed by atoms with van der Waals surface area (Å²) in [6, 6.07) is 96.3. The highest BCUT2D eigenvalue weighted by Gasteiger charge is 2.44. The van der Waals surface area contributed by atoms with E-state index in [0.717, 1.165) is 17.1 Å². The number of hydrogen-bond acceptors (Lipinski definition) is 1. The number of aromatic nitrogens is 2. The molecule has 0 amide bonds. The molecule has 0 atom stereocenters. The first-order chi connectivity index (χ1) is 38.7. The normalized spacial score (nSPS) is 12.8. The monoisotopic (exact) mass is 983 g/mol. The van der Waals surface area contributed by atoms with Crippen LogP contribution in [-0.4, -0.2) is 15.8 Å². The van der Waals surface area contributed by atoms with E-state index in [-0.39, 0.29) is 6.71 Å². The van der Waals surface area contributed by atoms with E-state index in [2.05, 4.69) is 269 Å². The Kier molecular flexibility index (Phi) is 7.82. The topological polar surface area (TPSA) is 13.1 Å². The molecule has 0 spiro atoms. The molecule has 0 fully saturated rings. The number of hydrogen-bond donors (Lipinski definition) is 0. The van der Waals surface area contributed by atoms with Gasteiger partial charge in [-0.3, -0.25) is 0 Å². The zero-order chi connectivity index (χ0) is 50.5. The van der Waals surface area contributed by atoms with Gasteiger partial charge >= 0.3 is 0 Å². The molecular weight excluding hydrogens is 942 g/mol. The predicted octanol–water partition coefficient (Wildman–Crippen LogP) is 17.4. The van der Waals surface area contributed by atoms with Gasteiger partial charge in [-0.25, -0.2) is 0 Å². The Hall–Kier alpha value is -10.2. The summed E-state index contributed by atoms with van der Waals surface area (Å²) >= 11 is 0. The van der Waals surface area contributed by atoms with Crippen LogP contribution >= 0.6 is 0 Å². The van der Waals surface area contributed by atoms with E-state index in [1.54, 1.807) is 0 Å². The van der Waals surface area contributed by atoms with E-state index >= 15 is 0 Å². The van der Waals surface area contributed by atoms with Gasteiger partial charge in [0, 0.05) is 44.3 Å². The summed E-state index contributed by atoms with van der Waals surface area (Å²) in [5.74, 6) is 0. The van der Waals surface area contributed by atoms with E-state index in [1.165, 1.54) is 160 Å². The Morgan fingerprint density at radius 1 is 0.269 bits per heavy atom. The second kappa shape index (κ2) is 14.8. The Morgan fingerprint density at radius 2 is 0.628 bits per heavy atom. The molecule has 2 aliphatic heterocycles. The molecule has 19 rings (SSSR count). The van der Waals surface area contributed by atoms with Gasteiger partial charge in [0.15, 0.2) is 0 Å². The van der Waals surface area contributed by atoms with Gasteiger partial charge < -0.3 is 14.0 Å². The van der Waals surface area contributed by atoms with Crippen molar-refractivity contribution in [2.75, 3.05) is 4.90 Å². The van der Waals surface area contributed by atoms with Crippen molar-refractivity contribution in [2.45, 2.75) is 0 Å². The lowest BCUT2D eigenvalue weighted by Crippen LogP contribution is -2.59. The molecule has 0 saturated heterocycles. The Balaban J connectivity index is 0.990. The van der Waals surface area contributed by atoms with Crippen LogP contribution in [0.5, 0.6) is 0 Å². The predicted molar refractivity (Wildman–Crippen MR) is 329 cm³/mol. The average Bonchev–Trinajstić information content (AvgIpc) is 4.13. The van der Waals surface area contributed by atoms with Crippen LogP contribution in [-0.2, 0) is 0 Å².